The lowest BCUT2D eigenvalue weighted by Crippen LogP contribution is -2.12. The predicted octanol–water partition coefficient (Wildman–Crippen LogP) is 3.01. The van der Waals surface area contributed by atoms with Crippen molar-refractivity contribution in [1.82, 2.24) is 3.97 Å². The van der Waals surface area contributed by atoms with Gasteiger partial charge in [0.2, 0.25) is 0 Å². The third-order valence-electron chi connectivity index (χ3n) is 3.74. The molecule has 2 aromatic carbocycles. The van der Waals surface area contributed by atoms with Crippen LogP contribution in [0.3, 0.4) is 0 Å². The molecule has 0 saturated carbocycles. The summed E-state index contributed by atoms with van der Waals surface area (Å²) in [6.07, 6.45) is 2.14. The van der Waals surface area contributed by atoms with Crippen LogP contribution >= 0.6 is 0 Å². The molecule has 0 aliphatic carbocycles. The van der Waals surface area contributed by atoms with Crippen molar-refractivity contribution in [1.29, 1.82) is 0 Å². The number of aromatic nitrogens is 1. The minimum Gasteiger partial charge on any atom is -0.495 e. The molecule has 0 bridgehead atoms. The Morgan fingerprint density at radius 3 is 2.35 bits per heavy atom. The van der Waals surface area contributed by atoms with Gasteiger partial charge in [-0.25, -0.2) is 12.4 Å². The normalized spacial score (nSPS) is 11.6. The van der Waals surface area contributed by atoms with Crippen molar-refractivity contribution >= 4 is 27.2 Å². The molecule has 0 amide bonds. The molecule has 1 heterocycles. The van der Waals surface area contributed by atoms with Gasteiger partial charge in [-0.05, 0) is 37.3 Å². The molecule has 1 aromatic heterocycles. The van der Waals surface area contributed by atoms with Crippen molar-refractivity contribution in [3.63, 3.8) is 0 Å². The van der Waals surface area contributed by atoms with Gasteiger partial charge in [0.1, 0.15) is 11.3 Å². The van der Waals surface area contributed by atoms with E-state index in [1.807, 2.05) is 6.92 Å². The van der Waals surface area contributed by atoms with Crippen LogP contribution in [0.5, 0.6) is 5.75 Å². The Labute approximate surface area is 134 Å². The second-order valence-corrected chi connectivity index (χ2v) is 6.98. The van der Waals surface area contributed by atoms with Crippen LogP contribution in [-0.2, 0) is 10.0 Å². The van der Waals surface area contributed by atoms with E-state index in [1.165, 1.54) is 13.3 Å². The van der Waals surface area contributed by atoms with E-state index in [0.29, 0.717) is 28.5 Å². The molecular weight excluding hydrogens is 314 g/mol. The monoisotopic (exact) mass is 329 g/mol. The van der Waals surface area contributed by atoms with Gasteiger partial charge in [0, 0.05) is 17.1 Å². The number of carbonyl (C=O) groups is 1. The molecule has 0 aliphatic heterocycles. The smallest absolute Gasteiger partial charge is 0.268 e. The molecule has 0 unspecified atom stereocenters. The highest BCUT2D eigenvalue weighted by molar-refractivity contribution is 7.90. The first-order chi connectivity index (χ1) is 11.0. The van der Waals surface area contributed by atoms with Gasteiger partial charge in [0.15, 0.2) is 6.29 Å². The number of fused-ring (bicyclic) bond motifs is 1. The van der Waals surface area contributed by atoms with E-state index in [4.69, 9.17) is 4.74 Å². The highest BCUT2D eigenvalue weighted by Crippen LogP contribution is 2.31. The average molecular weight is 329 g/mol. The van der Waals surface area contributed by atoms with Crippen molar-refractivity contribution in [2.75, 3.05) is 7.11 Å². The number of aldehydes is 1. The zero-order valence-corrected chi connectivity index (χ0v) is 13.5. The number of hydrogen-bond donors (Lipinski definition) is 0. The molecular formula is C17H15NO4S. The van der Waals surface area contributed by atoms with Gasteiger partial charge >= 0.3 is 0 Å². The first-order valence-electron chi connectivity index (χ1n) is 6.94. The van der Waals surface area contributed by atoms with Crippen LogP contribution in [0.2, 0.25) is 0 Å². The van der Waals surface area contributed by atoms with Crippen molar-refractivity contribution in [3.05, 3.63) is 59.8 Å². The molecule has 0 saturated heterocycles. The second kappa shape index (κ2) is 5.55. The third kappa shape index (κ3) is 2.41. The van der Waals surface area contributed by atoms with Crippen molar-refractivity contribution in [3.8, 4) is 5.75 Å². The lowest BCUT2D eigenvalue weighted by molar-refractivity contribution is 0.112. The van der Waals surface area contributed by atoms with Crippen LogP contribution in [-0.4, -0.2) is 25.8 Å². The van der Waals surface area contributed by atoms with Crippen molar-refractivity contribution in [2.45, 2.75) is 11.8 Å². The molecule has 0 fully saturated rings. The minimum absolute atomic E-state index is 0.180. The minimum atomic E-state index is -3.78. The van der Waals surface area contributed by atoms with Gasteiger partial charge in [0.05, 0.1) is 12.0 Å². The fourth-order valence-electron chi connectivity index (χ4n) is 2.51. The Kier molecular flexibility index (Phi) is 3.69. The maximum atomic E-state index is 12.9. The highest BCUT2D eigenvalue weighted by atomic mass is 32.2. The standard InChI is InChI=1S/C17H15NO4S/c1-12-3-6-14(7-4-12)23(20,21)18-10-9-15-13(11-19)5-8-16(22-2)17(15)18/h3-11H,1-2H3. The van der Waals surface area contributed by atoms with E-state index < -0.39 is 10.0 Å². The summed E-state index contributed by atoms with van der Waals surface area (Å²) < 4.78 is 32.2. The summed E-state index contributed by atoms with van der Waals surface area (Å²) in [7, 11) is -2.31. The molecule has 0 radical (unpaired) electrons. The van der Waals surface area contributed by atoms with Gasteiger partial charge in [-0.15, -0.1) is 0 Å². The van der Waals surface area contributed by atoms with Crippen molar-refractivity contribution < 1.29 is 17.9 Å². The maximum absolute atomic E-state index is 12.9. The van der Waals surface area contributed by atoms with Gasteiger partial charge in [-0.3, -0.25) is 4.79 Å². The fourth-order valence-corrected chi connectivity index (χ4v) is 3.87. The quantitative estimate of drug-likeness (QED) is 0.690. The molecule has 3 rings (SSSR count). The molecule has 0 spiro atoms. The molecule has 118 valence electrons. The number of carbonyl (C=O) groups excluding carboxylic acids is 1. The van der Waals surface area contributed by atoms with Gasteiger partial charge in [-0.1, -0.05) is 17.7 Å². The second-order valence-electron chi connectivity index (χ2n) is 5.17. The summed E-state index contributed by atoms with van der Waals surface area (Å²) in [5, 5.41) is 0.537. The Morgan fingerprint density at radius 1 is 1.04 bits per heavy atom. The molecule has 0 N–H and O–H groups in total. The summed E-state index contributed by atoms with van der Waals surface area (Å²) in [5.41, 5.74) is 1.75. The number of hydrogen-bond acceptors (Lipinski definition) is 4. The number of nitrogens with zero attached hydrogens (tertiary/aromatic N) is 1. The molecule has 5 nitrogen and oxygen atoms in total. The first-order valence-corrected chi connectivity index (χ1v) is 8.38. The van der Waals surface area contributed by atoms with E-state index in [9.17, 15) is 13.2 Å². The van der Waals surface area contributed by atoms with E-state index >= 15 is 0 Å². The van der Waals surface area contributed by atoms with Crippen molar-refractivity contribution in [2.24, 2.45) is 0 Å². The van der Waals surface area contributed by atoms with Crippen LogP contribution in [0.25, 0.3) is 10.9 Å². The van der Waals surface area contributed by atoms with Crippen LogP contribution < -0.4 is 4.74 Å². The summed E-state index contributed by atoms with van der Waals surface area (Å²) in [6, 6.07) is 11.4. The topological polar surface area (TPSA) is 65.4 Å². The highest BCUT2D eigenvalue weighted by Gasteiger charge is 2.22. The Hall–Kier alpha value is -2.60. The first kappa shape index (κ1) is 15.3. The van der Waals surface area contributed by atoms with Gasteiger partial charge in [-0.2, -0.15) is 0 Å². The number of aryl methyl sites for hydroxylation is 1. The lowest BCUT2D eigenvalue weighted by Gasteiger charge is -2.11. The van der Waals surface area contributed by atoms with E-state index in [1.54, 1.807) is 42.5 Å². The third-order valence-corrected chi connectivity index (χ3v) is 5.43. The summed E-state index contributed by atoms with van der Waals surface area (Å²) in [4.78, 5) is 11.4. The zero-order chi connectivity index (χ0) is 16.6. The SMILES string of the molecule is COc1ccc(C=O)c2ccn(S(=O)(=O)c3ccc(C)cc3)c12. The van der Waals surface area contributed by atoms with Gasteiger partial charge < -0.3 is 4.74 Å². The van der Waals surface area contributed by atoms with Gasteiger partial charge in [0.25, 0.3) is 10.0 Å². The Bertz CT molecular complexity index is 985. The van der Waals surface area contributed by atoms with Crippen LogP contribution in [0.4, 0.5) is 0 Å². The molecule has 6 heteroatoms. The molecule has 0 atom stereocenters. The average Bonchev–Trinajstić information content (AvgIpc) is 3.00. The lowest BCUT2D eigenvalue weighted by atomic mass is 10.1. The van der Waals surface area contributed by atoms with Crippen LogP contribution in [0, 0.1) is 6.92 Å². The van der Waals surface area contributed by atoms with Crippen LogP contribution in [0.15, 0.2) is 53.6 Å². The number of methoxy groups -OCH3 is 1. The van der Waals surface area contributed by atoms with Crippen LogP contribution in [0.1, 0.15) is 15.9 Å². The van der Waals surface area contributed by atoms with E-state index in [0.717, 1.165) is 9.54 Å². The Balaban J connectivity index is 2.31. The molecule has 3 aromatic rings. The Morgan fingerprint density at radius 2 is 1.74 bits per heavy atom. The number of benzene rings is 2. The van der Waals surface area contributed by atoms with E-state index in [2.05, 4.69) is 0 Å². The summed E-state index contributed by atoms with van der Waals surface area (Å²) in [6.45, 7) is 1.89. The molecule has 23 heavy (non-hydrogen) atoms. The number of rotatable bonds is 4. The fraction of sp³-hybridized carbons (Fsp3) is 0.118. The predicted molar refractivity (Wildman–Crippen MR) is 87.6 cm³/mol. The number of ether oxygens (including phenoxy) is 1. The molecule has 0 aliphatic rings. The summed E-state index contributed by atoms with van der Waals surface area (Å²) >= 11 is 0. The van der Waals surface area contributed by atoms with E-state index in [-0.39, 0.29) is 4.90 Å². The zero-order valence-electron chi connectivity index (χ0n) is 12.7. The summed E-state index contributed by atoms with van der Waals surface area (Å²) in [5.74, 6) is 0.395. The maximum Gasteiger partial charge on any atom is 0.268 e. The largest absolute Gasteiger partial charge is 0.495 e.